The summed E-state index contributed by atoms with van der Waals surface area (Å²) in [6.07, 6.45) is 0.375. The number of hydrogen-bond acceptors (Lipinski definition) is 5. The van der Waals surface area contributed by atoms with Crippen LogP contribution in [0.1, 0.15) is 27.4 Å². The fourth-order valence-corrected chi connectivity index (χ4v) is 3.35. The number of halogens is 1. The highest BCUT2D eigenvalue weighted by Gasteiger charge is 2.12. The number of benzene rings is 3. The molecule has 3 aromatic carbocycles. The van der Waals surface area contributed by atoms with Crippen LogP contribution in [0, 0.1) is 0 Å². The van der Waals surface area contributed by atoms with E-state index in [2.05, 4.69) is 15.3 Å². The van der Waals surface area contributed by atoms with Crippen LogP contribution in [0.4, 0.5) is 5.69 Å². The molecule has 1 heterocycles. The van der Waals surface area contributed by atoms with Crippen molar-refractivity contribution >= 4 is 23.2 Å². The van der Waals surface area contributed by atoms with Crippen LogP contribution in [0.2, 0.25) is 5.02 Å². The van der Waals surface area contributed by atoms with E-state index in [-0.39, 0.29) is 5.69 Å². The lowest BCUT2D eigenvalue weighted by molar-refractivity contribution is 0.102. The van der Waals surface area contributed by atoms with E-state index < -0.39 is 11.5 Å². The monoisotopic (exact) mass is 475 g/mol. The van der Waals surface area contributed by atoms with Crippen LogP contribution in [0.5, 0.6) is 11.5 Å². The molecular weight excluding hydrogens is 454 g/mol. The van der Waals surface area contributed by atoms with Gasteiger partial charge in [-0.1, -0.05) is 35.9 Å². The molecule has 4 aromatic rings. The van der Waals surface area contributed by atoms with Crippen molar-refractivity contribution in [2.45, 2.75) is 13.0 Å². The van der Waals surface area contributed by atoms with E-state index in [1.807, 2.05) is 48.5 Å². The Labute approximate surface area is 201 Å². The van der Waals surface area contributed by atoms with Gasteiger partial charge in [-0.15, -0.1) is 0 Å². The summed E-state index contributed by atoms with van der Waals surface area (Å²) in [4.78, 5) is 31.8. The topological polar surface area (TPSA) is 93.3 Å². The fourth-order valence-electron chi connectivity index (χ4n) is 3.22. The second-order valence-electron chi connectivity index (χ2n) is 7.50. The van der Waals surface area contributed by atoms with Crippen molar-refractivity contribution in [3.63, 3.8) is 0 Å². The molecule has 34 heavy (non-hydrogen) atoms. The summed E-state index contributed by atoms with van der Waals surface area (Å²) in [5.74, 6) is 1.31. The van der Waals surface area contributed by atoms with Gasteiger partial charge in [0.1, 0.15) is 29.6 Å². The predicted molar refractivity (Wildman–Crippen MR) is 131 cm³/mol. The van der Waals surface area contributed by atoms with Gasteiger partial charge in [0.15, 0.2) is 0 Å². The van der Waals surface area contributed by atoms with Crippen LogP contribution >= 0.6 is 11.6 Å². The van der Waals surface area contributed by atoms with Gasteiger partial charge >= 0.3 is 0 Å². The molecule has 1 amide bonds. The Morgan fingerprint density at radius 3 is 2.26 bits per heavy atom. The van der Waals surface area contributed by atoms with E-state index in [1.54, 1.807) is 31.4 Å². The fraction of sp³-hybridized carbons (Fsp3) is 0.115. The minimum atomic E-state index is -0.475. The normalized spacial score (nSPS) is 10.5. The van der Waals surface area contributed by atoms with Crippen LogP contribution in [-0.2, 0) is 13.0 Å². The minimum absolute atomic E-state index is 0.0373. The van der Waals surface area contributed by atoms with Crippen molar-refractivity contribution < 1.29 is 14.3 Å². The lowest BCUT2D eigenvalue weighted by atomic mass is 10.1. The second kappa shape index (κ2) is 10.7. The van der Waals surface area contributed by atoms with Gasteiger partial charge < -0.3 is 19.8 Å². The average Bonchev–Trinajstić information content (AvgIpc) is 2.85. The molecule has 1 aromatic heterocycles. The zero-order valence-corrected chi connectivity index (χ0v) is 19.1. The maximum atomic E-state index is 12.7. The van der Waals surface area contributed by atoms with Crippen molar-refractivity contribution in [3.05, 3.63) is 117 Å². The Kier molecular flexibility index (Phi) is 7.25. The Morgan fingerprint density at radius 1 is 0.941 bits per heavy atom. The summed E-state index contributed by atoms with van der Waals surface area (Å²) in [6, 6.07) is 23.0. The molecule has 0 aliphatic rings. The first kappa shape index (κ1) is 23.1. The Bertz CT molecular complexity index is 1320. The van der Waals surface area contributed by atoms with E-state index in [4.69, 9.17) is 21.1 Å². The molecule has 0 aliphatic heterocycles. The molecule has 0 bridgehead atoms. The molecule has 0 unspecified atom stereocenters. The van der Waals surface area contributed by atoms with E-state index >= 15 is 0 Å². The maximum Gasteiger partial charge on any atom is 0.274 e. The number of aromatic nitrogens is 2. The van der Waals surface area contributed by atoms with E-state index in [1.165, 1.54) is 6.07 Å². The first-order valence-electron chi connectivity index (χ1n) is 10.5. The highest BCUT2D eigenvalue weighted by atomic mass is 35.5. The molecule has 172 valence electrons. The van der Waals surface area contributed by atoms with Crippen LogP contribution < -0.4 is 20.3 Å². The molecule has 0 aliphatic carbocycles. The van der Waals surface area contributed by atoms with E-state index in [0.29, 0.717) is 35.3 Å². The van der Waals surface area contributed by atoms with Crippen molar-refractivity contribution in [3.8, 4) is 11.5 Å². The number of rotatable bonds is 8. The molecule has 0 fully saturated rings. The van der Waals surface area contributed by atoms with E-state index in [9.17, 15) is 9.59 Å². The third-order valence-electron chi connectivity index (χ3n) is 4.98. The first-order chi connectivity index (χ1) is 16.5. The highest BCUT2D eigenvalue weighted by molar-refractivity contribution is 6.30. The van der Waals surface area contributed by atoms with Gasteiger partial charge in [0.25, 0.3) is 11.5 Å². The molecule has 2 N–H and O–H groups in total. The summed E-state index contributed by atoms with van der Waals surface area (Å²) in [6.45, 7) is 0.399. The number of amides is 1. The summed E-state index contributed by atoms with van der Waals surface area (Å²) in [5, 5.41) is 3.43. The number of H-pyrrole nitrogens is 1. The predicted octanol–water partition coefficient (Wildman–Crippen LogP) is 4.85. The van der Waals surface area contributed by atoms with Gasteiger partial charge in [0, 0.05) is 23.2 Å². The smallest absolute Gasteiger partial charge is 0.274 e. The number of carbonyl (C=O) groups excluding carboxylic acids is 1. The molecule has 4 rings (SSSR count). The molecule has 0 saturated heterocycles. The number of ether oxygens (including phenoxy) is 2. The molecule has 0 spiro atoms. The van der Waals surface area contributed by atoms with Gasteiger partial charge in [-0.3, -0.25) is 9.59 Å². The van der Waals surface area contributed by atoms with Gasteiger partial charge in [-0.25, -0.2) is 4.98 Å². The highest BCUT2D eigenvalue weighted by Crippen LogP contribution is 2.19. The van der Waals surface area contributed by atoms with Crippen LogP contribution in [0.15, 0.2) is 83.7 Å². The molecule has 0 saturated carbocycles. The third-order valence-corrected chi connectivity index (χ3v) is 5.24. The van der Waals surface area contributed by atoms with Gasteiger partial charge in [0.05, 0.1) is 7.11 Å². The largest absolute Gasteiger partial charge is 0.497 e. The number of hydrogen-bond donors (Lipinski definition) is 2. The zero-order valence-electron chi connectivity index (χ0n) is 18.4. The van der Waals surface area contributed by atoms with Crippen LogP contribution in [0.25, 0.3) is 0 Å². The Hall–Kier alpha value is -4.10. The zero-order chi connectivity index (χ0) is 23.9. The quantitative estimate of drug-likeness (QED) is 0.380. The number of nitrogens with zero attached hydrogens (tertiary/aromatic N) is 1. The number of methoxy groups -OCH3 is 1. The summed E-state index contributed by atoms with van der Waals surface area (Å²) in [5.41, 5.74) is 2.12. The lowest BCUT2D eigenvalue weighted by Gasteiger charge is -2.09. The standard InChI is InChI=1S/C26H22ClN3O4/c1-33-21-10-4-17(5-11-21)14-24-29-23(15-25(31)30-24)26(32)28-20-8-12-22(13-9-20)34-16-18-2-6-19(27)7-3-18/h2-13,15H,14,16H2,1H3,(H,28,32)(H,29,30,31). The summed E-state index contributed by atoms with van der Waals surface area (Å²) in [7, 11) is 1.60. The third kappa shape index (κ3) is 6.24. The van der Waals surface area contributed by atoms with Crippen molar-refractivity contribution in [1.82, 2.24) is 9.97 Å². The van der Waals surface area contributed by atoms with Crippen molar-refractivity contribution in [2.75, 3.05) is 12.4 Å². The van der Waals surface area contributed by atoms with Gasteiger partial charge in [0.2, 0.25) is 0 Å². The minimum Gasteiger partial charge on any atom is -0.497 e. The number of aromatic amines is 1. The average molecular weight is 476 g/mol. The van der Waals surface area contributed by atoms with Crippen molar-refractivity contribution in [2.24, 2.45) is 0 Å². The Balaban J connectivity index is 1.38. The molecule has 0 radical (unpaired) electrons. The van der Waals surface area contributed by atoms with E-state index in [0.717, 1.165) is 16.9 Å². The Morgan fingerprint density at radius 2 is 1.59 bits per heavy atom. The van der Waals surface area contributed by atoms with Gasteiger partial charge in [-0.2, -0.15) is 0 Å². The SMILES string of the molecule is COc1ccc(Cc2nc(C(=O)Nc3ccc(OCc4ccc(Cl)cc4)cc3)cc(=O)[nH]2)cc1. The molecule has 8 heteroatoms. The first-order valence-corrected chi connectivity index (χ1v) is 10.9. The molecule has 7 nitrogen and oxygen atoms in total. The van der Waals surface area contributed by atoms with Crippen LogP contribution in [0.3, 0.4) is 0 Å². The number of carbonyl (C=O) groups is 1. The van der Waals surface area contributed by atoms with Crippen LogP contribution in [-0.4, -0.2) is 23.0 Å². The summed E-state index contributed by atoms with van der Waals surface area (Å²) >= 11 is 5.89. The number of anilines is 1. The summed E-state index contributed by atoms with van der Waals surface area (Å²) < 4.78 is 10.9. The van der Waals surface area contributed by atoms with Crippen molar-refractivity contribution in [1.29, 1.82) is 0 Å². The van der Waals surface area contributed by atoms with Gasteiger partial charge in [-0.05, 0) is 59.7 Å². The lowest BCUT2D eigenvalue weighted by Crippen LogP contribution is -2.20. The second-order valence-corrected chi connectivity index (χ2v) is 7.93. The number of nitrogens with one attached hydrogen (secondary N) is 2. The molecular formula is C26H22ClN3O4. The maximum absolute atomic E-state index is 12.7. The molecule has 0 atom stereocenters.